The maximum Gasteiger partial charge on any atom is 0.223 e. The van der Waals surface area contributed by atoms with Crippen molar-refractivity contribution >= 4 is 11.6 Å². The van der Waals surface area contributed by atoms with Crippen LogP contribution in [-0.2, 0) is 19.6 Å². The van der Waals surface area contributed by atoms with Gasteiger partial charge >= 0.3 is 0 Å². The molecule has 1 unspecified atom stereocenters. The molecule has 1 aromatic carbocycles. The van der Waals surface area contributed by atoms with Gasteiger partial charge in [0, 0.05) is 66.2 Å². The Bertz CT molecular complexity index is 1110. The van der Waals surface area contributed by atoms with Crippen LogP contribution in [0, 0.1) is 0 Å². The monoisotopic (exact) mass is 412 g/mol. The number of aromatic hydroxyl groups is 1. The first-order valence-electron chi connectivity index (χ1n) is 9.67. The number of benzene rings is 1. The van der Waals surface area contributed by atoms with Crippen LogP contribution in [0.2, 0.25) is 5.02 Å². The number of rotatable bonds is 3. The number of nitrogens with one attached hydrogen (secondary N) is 1. The minimum absolute atomic E-state index is 0.158. The Balaban J connectivity index is 1.45. The second-order valence-electron chi connectivity index (χ2n) is 7.59. The highest BCUT2D eigenvalue weighted by molar-refractivity contribution is 6.30. The summed E-state index contributed by atoms with van der Waals surface area (Å²) in [5.41, 5.74) is 3.66. The van der Waals surface area contributed by atoms with E-state index in [9.17, 15) is 9.90 Å². The Morgan fingerprint density at radius 2 is 2.21 bits per heavy atom. The Hall–Kier alpha value is -2.77. The first-order chi connectivity index (χ1) is 14.1. The summed E-state index contributed by atoms with van der Waals surface area (Å²) < 4.78 is 8.01. The highest BCUT2D eigenvalue weighted by Crippen LogP contribution is 2.41. The summed E-state index contributed by atoms with van der Waals surface area (Å²) in [4.78, 5) is 21.5. The SMILES string of the molecule is O=c1cc2n(cc1O)CCN(Cc1cc(Cl)cc3c1OCCC3c1c[nH]cn1)C2. The molecule has 2 aromatic heterocycles. The Kier molecular flexibility index (Phi) is 4.56. The molecular formula is C21H21ClN4O3. The highest BCUT2D eigenvalue weighted by atomic mass is 35.5. The van der Waals surface area contributed by atoms with Gasteiger partial charge in [0.25, 0.3) is 0 Å². The van der Waals surface area contributed by atoms with E-state index in [1.165, 1.54) is 12.3 Å². The van der Waals surface area contributed by atoms with Crippen molar-refractivity contribution in [3.63, 3.8) is 0 Å². The Labute approximate surface area is 172 Å². The molecule has 0 saturated carbocycles. The molecule has 150 valence electrons. The number of halogens is 1. The molecule has 4 heterocycles. The summed E-state index contributed by atoms with van der Waals surface area (Å²) in [7, 11) is 0. The van der Waals surface area contributed by atoms with Crippen LogP contribution in [0.15, 0.2) is 41.7 Å². The van der Waals surface area contributed by atoms with Gasteiger partial charge < -0.3 is 19.4 Å². The van der Waals surface area contributed by atoms with Crippen LogP contribution in [0.25, 0.3) is 0 Å². The summed E-state index contributed by atoms with van der Waals surface area (Å²) in [5.74, 6) is 0.845. The van der Waals surface area contributed by atoms with Gasteiger partial charge in [-0.1, -0.05) is 11.6 Å². The number of fused-ring (bicyclic) bond motifs is 2. The molecule has 0 aliphatic carbocycles. The van der Waals surface area contributed by atoms with Crippen molar-refractivity contribution in [2.45, 2.75) is 32.0 Å². The summed E-state index contributed by atoms with van der Waals surface area (Å²) in [5, 5.41) is 10.3. The fourth-order valence-corrected chi connectivity index (χ4v) is 4.56. The number of aromatic nitrogens is 3. The first-order valence-corrected chi connectivity index (χ1v) is 10.0. The average Bonchev–Trinajstić information content (AvgIpc) is 3.23. The van der Waals surface area contributed by atoms with Gasteiger partial charge in [0.15, 0.2) is 5.75 Å². The number of hydrogen-bond donors (Lipinski definition) is 2. The van der Waals surface area contributed by atoms with Crippen LogP contribution in [0.3, 0.4) is 0 Å². The molecule has 2 N–H and O–H groups in total. The molecular weight excluding hydrogens is 392 g/mol. The number of nitrogens with zero attached hydrogens (tertiary/aromatic N) is 3. The summed E-state index contributed by atoms with van der Waals surface area (Å²) >= 11 is 6.47. The summed E-state index contributed by atoms with van der Waals surface area (Å²) in [6.45, 7) is 3.45. The fraction of sp³-hybridized carbons (Fsp3) is 0.333. The minimum Gasteiger partial charge on any atom is -0.503 e. The molecule has 0 bridgehead atoms. The summed E-state index contributed by atoms with van der Waals surface area (Å²) in [6.07, 6.45) is 6.00. The van der Waals surface area contributed by atoms with Crippen LogP contribution in [0.1, 0.15) is 34.9 Å². The van der Waals surface area contributed by atoms with E-state index in [4.69, 9.17) is 16.3 Å². The normalized spacial score (nSPS) is 18.7. The molecule has 2 aliphatic rings. The summed E-state index contributed by atoms with van der Waals surface area (Å²) in [6, 6.07) is 5.46. The molecule has 1 atom stereocenters. The Morgan fingerprint density at radius 1 is 1.31 bits per heavy atom. The lowest BCUT2D eigenvalue weighted by atomic mass is 9.89. The molecule has 3 aromatic rings. The number of aromatic amines is 1. The third-order valence-corrected chi connectivity index (χ3v) is 5.92. The maximum absolute atomic E-state index is 11.8. The second-order valence-corrected chi connectivity index (χ2v) is 8.02. The standard InChI is InChI=1S/C21H21ClN4O3/c22-14-5-13(9-25-2-3-26-11-20(28)19(27)7-15(26)10-25)21-17(6-14)16(1-4-29-21)18-8-23-12-24-18/h5-8,11-12,16,28H,1-4,9-10H2,(H,23,24). The van der Waals surface area contributed by atoms with Gasteiger partial charge in [-0.15, -0.1) is 0 Å². The molecule has 7 nitrogen and oxygen atoms in total. The predicted octanol–water partition coefficient (Wildman–Crippen LogP) is 2.86. The zero-order valence-electron chi connectivity index (χ0n) is 15.8. The quantitative estimate of drug-likeness (QED) is 0.691. The van der Waals surface area contributed by atoms with Gasteiger partial charge in [0.2, 0.25) is 5.43 Å². The van der Waals surface area contributed by atoms with E-state index in [0.717, 1.165) is 41.2 Å². The number of ether oxygens (including phenoxy) is 1. The van der Waals surface area contributed by atoms with E-state index < -0.39 is 0 Å². The number of imidazole rings is 1. The zero-order chi connectivity index (χ0) is 20.0. The third kappa shape index (κ3) is 3.41. The van der Waals surface area contributed by atoms with E-state index >= 15 is 0 Å². The lowest BCUT2D eigenvalue weighted by Crippen LogP contribution is -2.35. The van der Waals surface area contributed by atoms with Gasteiger partial charge in [0.05, 0.1) is 24.8 Å². The minimum atomic E-state index is -0.344. The van der Waals surface area contributed by atoms with Crippen molar-refractivity contribution in [3.05, 3.63) is 74.7 Å². The molecule has 0 amide bonds. The van der Waals surface area contributed by atoms with Gasteiger partial charge in [0.1, 0.15) is 5.75 Å². The third-order valence-electron chi connectivity index (χ3n) is 5.70. The topological polar surface area (TPSA) is 83.4 Å². The van der Waals surface area contributed by atoms with Crippen molar-refractivity contribution in [1.29, 1.82) is 0 Å². The predicted molar refractivity (Wildman–Crippen MR) is 108 cm³/mol. The molecule has 8 heteroatoms. The van der Waals surface area contributed by atoms with Crippen LogP contribution < -0.4 is 10.2 Å². The number of H-pyrrole nitrogens is 1. The Morgan fingerprint density at radius 3 is 3.03 bits per heavy atom. The molecule has 5 rings (SSSR count). The van der Waals surface area contributed by atoms with Crippen molar-refractivity contribution in [3.8, 4) is 11.5 Å². The van der Waals surface area contributed by atoms with E-state index in [0.29, 0.717) is 31.3 Å². The maximum atomic E-state index is 11.8. The van der Waals surface area contributed by atoms with Crippen molar-refractivity contribution < 1.29 is 9.84 Å². The zero-order valence-corrected chi connectivity index (χ0v) is 16.5. The van der Waals surface area contributed by atoms with E-state index in [1.54, 1.807) is 6.33 Å². The molecule has 29 heavy (non-hydrogen) atoms. The largest absolute Gasteiger partial charge is 0.503 e. The lowest BCUT2D eigenvalue weighted by Gasteiger charge is -2.32. The van der Waals surface area contributed by atoms with Gasteiger partial charge in [-0.2, -0.15) is 0 Å². The van der Waals surface area contributed by atoms with Gasteiger partial charge in [-0.3, -0.25) is 9.69 Å². The molecule has 2 aliphatic heterocycles. The van der Waals surface area contributed by atoms with E-state index in [-0.39, 0.29) is 17.1 Å². The van der Waals surface area contributed by atoms with Gasteiger partial charge in [-0.05, 0) is 18.6 Å². The van der Waals surface area contributed by atoms with Crippen molar-refractivity contribution in [2.75, 3.05) is 13.2 Å². The van der Waals surface area contributed by atoms with Crippen LogP contribution in [0.4, 0.5) is 0 Å². The molecule has 0 spiro atoms. The molecule has 0 saturated heterocycles. The van der Waals surface area contributed by atoms with Gasteiger partial charge in [-0.25, -0.2) is 4.98 Å². The van der Waals surface area contributed by atoms with Crippen molar-refractivity contribution in [1.82, 2.24) is 19.4 Å². The van der Waals surface area contributed by atoms with E-state index in [2.05, 4.69) is 14.9 Å². The molecule has 0 radical (unpaired) electrons. The second kappa shape index (κ2) is 7.24. The molecule has 0 fully saturated rings. The van der Waals surface area contributed by atoms with Crippen LogP contribution in [0.5, 0.6) is 11.5 Å². The number of pyridine rings is 1. The van der Waals surface area contributed by atoms with Crippen LogP contribution in [-0.4, -0.2) is 37.7 Å². The number of hydrogen-bond acceptors (Lipinski definition) is 5. The fourth-order valence-electron chi connectivity index (χ4n) is 4.31. The first kappa shape index (κ1) is 18.3. The van der Waals surface area contributed by atoms with E-state index in [1.807, 2.05) is 22.9 Å². The highest BCUT2D eigenvalue weighted by Gasteiger charge is 2.28. The van der Waals surface area contributed by atoms with Crippen LogP contribution >= 0.6 is 11.6 Å². The smallest absolute Gasteiger partial charge is 0.223 e. The van der Waals surface area contributed by atoms with Crippen molar-refractivity contribution in [2.24, 2.45) is 0 Å². The lowest BCUT2D eigenvalue weighted by molar-refractivity contribution is 0.203. The average molecular weight is 413 g/mol.